The van der Waals surface area contributed by atoms with Crippen LogP contribution in [-0.2, 0) is 14.4 Å². The lowest BCUT2D eigenvalue weighted by Crippen LogP contribution is -2.56. The van der Waals surface area contributed by atoms with Gasteiger partial charge in [0.2, 0.25) is 17.7 Å². The average molecular weight is 582 g/mol. The maximum atomic E-state index is 14.5. The number of hydrogen-bond acceptors (Lipinski definition) is 5. The van der Waals surface area contributed by atoms with Crippen LogP contribution in [0.5, 0.6) is 0 Å². The number of rotatable bonds is 16. The lowest BCUT2D eigenvalue weighted by Gasteiger charge is -2.39. The maximum absolute atomic E-state index is 14.5. The summed E-state index contributed by atoms with van der Waals surface area (Å²) < 4.78 is -0.605. The summed E-state index contributed by atoms with van der Waals surface area (Å²) in [7, 11) is 0. The fraction of sp³-hybridized carbons (Fsp3) is 0.606. The van der Waals surface area contributed by atoms with Crippen LogP contribution in [0.2, 0.25) is 0 Å². The van der Waals surface area contributed by atoms with E-state index in [1.165, 1.54) is 0 Å². The molecule has 4 rings (SSSR count). The Bertz CT molecular complexity index is 1100. The van der Waals surface area contributed by atoms with Crippen molar-refractivity contribution in [2.24, 2.45) is 11.8 Å². The van der Waals surface area contributed by atoms with E-state index in [0.717, 1.165) is 57.1 Å². The van der Waals surface area contributed by atoms with E-state index >= 15 is 0 Å². The molecule has 0 saturated carbocycles. The number of amides is 3. The molecule has 7 nitrogen and oxygen atoms in total. The van der Waals surface area contributed by atoms with E-state index in [1.807, 2.05) is 40.1 Å². The first-order valence-electron chi connectivity index (χ1n) is 15.3. The quantitative estimate of drug-likeness (QED) is 0.218. The zero-order valence-electron chi connectivity index (χ0n) is 24.7. The van der Waals surface area contributed by atoms with E-state index in [-0.39, 0.29) is 35.6 Å². The molecule has 0 aromatic heterocycles. The first kappa shape index (κ1) is 31.4. The lowest BCUT2D eigenvalue weighted by molar-refractivity contribution is -0.143. The van der Waals surface area contributed by atoms with Gasteiger partial charge in [0.05, 0.1) is 16.6 Å². The average Bonchev–Trinajstić information content (AvgIpc) is 3.62. The highest BCUT2D eigenvalue weighted by Crippen LogP contribution is 2.66. The number of unbranched alkanes of at least 4 members (excludes halogenated alkanes) is 3. The molecule has 41 heavy (non-hydrogen) atoms. The number of fused-ring (bicyclic) bond motifs is 1. The van der Waals surface area contributed by atoms with Gasteiger partial charge < -0.3 is 19.8 Å². The molecule has 3 heterocycles. The summed E-state index contributed by atoms with van der Waals surface area (Å²) in [6.07, 6.45) is 10.2. The standard InChI is InChI=1S/C33H47N3O4S/c1-5-15-24(4)34(20-6-2)32(40)29-33-19-18-26(41-33)27(28(33)31(39)36(29)22-13-8-9-14-23-37)30(38)35(21-7-3)25-16-11-10-12-17-25/h6-7,10-12,16-17,24,26-29,37H,2-3,5,8-9,13-15,18-23H2,1,4H3/t24?,26-,27+,28+,29?,33?/m1/s1. The molecular formula is C33H47N3O4S. The van der Waals surface area contributed by atoms with Crippen molar-refractivity contribution < 1.29 is 19.5 Å². The summed E-state index contributed by atoms with van der Waals surface area (Å²) >= 11 is 1.73. The molecule has 1 aromatic rings. The number of aliphatic hydroxyl groups is 1. The summed E-state index contributed by atoms with van der Waals surface area (Å²) in [6, 6.07) is 9.03. The van der Waals surface area contributed by atoms with Crippen molar-refractivity contribution in [2.45, 2.75) is 87.3 Å². The summed E-state index contributed by atoms with van der Waals surface area (Å²) in [4.78, 5) is 48.7. The van der Waals surface area contributed by atoms with Crippen LogP contribution in [0.25, 0.3) is 0 Å². The molecule has 3 saturated heterocycles. The Morgan fingerprint density at radius 1 is 1.12 bits per heavy atom. The molecule has 1 aromatic carbocycles. The monoisotopic (exact) mass is 581 g/mol. The number of para-hydroxylation sites is 1. The Morgan fingerprint density at radius 2 is 1.83 bits per heavy atom. The molecule has 2 bridgehead atoms. The SMILES string of the molecule is C=CCN(C(=O)[C@@H]1[C@H]2C(=O)N(CCCCCCO)C(C(=O)N(CC=C)C(C)CCC)C23CC[C@H]1S3)c1ccccc1. The van der Waals surface area contributed by atoms with Gasteiger partial charge in [-0.05, 0) is 51.2 Å². The van der Waals surface area contributed by atoms with E-state index in [2.05, 4.69) is 27.0 Å². The topological polar surface area (TPSA) is 81.2 Å². The number of benzene rings is 1. The molecule has 3 aliphatic rings. The normalized spacial score (nSPS) is 27.0. The number of hydrogen-bond donors (Lipinski definition) is 1. The Labute approximate surface area is 250 Å². The second-order valence-corrected chi connectivity index (χ2v) is 13.3. The number of carbonyl (C=O) groups excluding carboxylic acids is 3. The van der Waals surface area contributed by atoms with Gasteiger partial charge in [0.15, 0.2) is 0 Å². The third-order valence-electron chi connectivity index (χ3n) is 9.12. The third-order valence-corrected chi connectivity index (χ3v) is 11.1. The minimum Gasteiger partial charge on any atom is -0.396 e. The van der Waals surface area contributed by atoms with Gasteiger partial charge in [-0.15, -0.1) is 24.9 Å². The molecule has 6 atom stereocenters. The molecule has 3 aliphatic heterocycles. The van der Waals surface area contributed by atoms with E-state index in [1.54, 1.807) is 28.8 Å². The molecule has 3 fully saturated rings. The van der Waals surface area contributed by atoms with Crippen molar-refractivity contribution in [3.05, 3.63) is 55.6 Å². The van der Waals surface area contributed by atoms with Crippen molar-refractivity contribution >= 4 is 35.2 Å². The summed E-state index contributed by atoms with van der Waals surface area (Å²) in [5.74, 6) is -1.10. The van der Waals surface area contributed by atoms with E-state index in [9.17, 15) is 19.5 Å². The fourth-order valence-corrected chi connectivity index (χ4v) is 9.50. The van der Waals surface area contributed by atoms with Crippen LogP contribution in [0.4, 0.5) is 5.69 Å². The molecule has 1 spiro atoms. The van der Waals surface area contributed by atoms with Gasteiger partial charge in [0.25, 0.3) is 0 Å². The second kappa shape index (κ2) is 14.1. The Balaban J connectivity index is 1.70. The van der Waals surface area contributed by atoms with Crippen molar-refractivity contribution in [1.82, 2.24) is 9.80 Å². The Hall–Kier alpha value is -2.58. The molecule has 3 unspecified atom stereocenters. The third kappa shape index (κ3) is 6.00. The largest absolute Gasteiger partial charge is 0.396 e. The highest BCUT2D eigenvalue weighted by Gasteiger charge is 2.74. The number of aliphatic hydroxyl groups excluding tert-OH is 1. The van der Waals surface area contributed by atoms with Gasteiger partial charge in [0.1, 0.15) is 6.04 Å². The second-order valence-electron chi connectivity index (χ2n) is 11.7. The zero-order valence-corrected chi connectivity index (χ0v) is 25.6. The van der Waals surface area contributed by atoms with E-state index < -0.39 is 22.6 Å². The maximum Gasteiger partial charge on any atom is 0.247 e. The Morgan fingerprint density at radius 3 is 2.49 bits per heavy atom. The lowest BCUT2D eigenvalue weighted by atomic mass is 9.70. The van der Waals surface area contributed by atoms with Gasteiger partial charge in [-0.1, -0.05) is 56.5 Å². The predicted molar refractivity (Wildman–Crippen MR) is 167 cm³/mol. The van der Waals surface area contributed by atoms with Crippen LogP contribution in [0.15, 0.2) is 55.6 Å². The van der Waals surface area contributed by atoms with E-state index in [0.29, 0.717) is 19.6 Å². The van der Waals surface area contributed by atoms with Crippen molar-refractivity contribution in [3.63, 3.8) is 0 Å². The molecule has 224 valence electrons. The zero-order chi connectivity index (χ0) is 29.6. The minimum atomic E-state index is -0.605. The number of anilines is 1. The highest BCUT2D eigenvalue weighted by molar-refractivity contribution is 8.02. The molecule has 1 N–H and O–H groups in total. The molecule has 0 aliphatic carbocycles. The van der Waals surface area contributed by atoms with Gasteiger partial charge >= 0.3 is 0 Å². The predicted octanol–water partition coefficient (Wildman–Crippen LogP) is 5.05. The summed E-state index contributed by atoms with van der Waals surface area (Å²) in [5, 5.41) is 9.21. The van der Waals surface area contributed by atoms with Gasteiger partial charge in [-0.2, -0.15) is 0 Å². The first-order valence-corrected chi connectivity index (χ1v) is 16.2. The fourth-order valence-electron chi connectivity index (χ4n) is 7.30. The van der Waals surface area contributed by atoms with Crippen molar-refractivity contribution in [1.29, 1.82) is 0 Å². The molecule has 8 heteroatoms. The van der Waals surface area contributed by atoms with Crippen LogP contribution < -0.4 is 4.90 Å². The number of carbonyl (C=O) groups is 3. The van der Waals surface area contributed by atoms with Gasteiger partial charge in [-0.3, -0.25) is 14.4 Å². The van der Waals surface area contributed by atoms with Crippen molar-refractivity contribution in [3.8, 4) is 0 Å². The van der Waals surface area contributed by atoms with Crippen LogP contribution in [0.1, 0.15) is 65.2 Å². The summed E-state index contributed by atoms with van der Waals surface area (Å²) in [5.41, 5.74) is 0.795. The number of thioether (sulfide) groups is 1. The van der Waals surface area contributed by atoms with Crippen LogP contribution in [0.3, 0.4) is 0 Å². The minimum absolute atomic E-state index is 0.00963. The smallest absolute Gasteiger partial charge is 0.247 e. The number of likely N-dealkylation sites (tertiary alicyclic amines) is 1. The summed E-state index contributed by atoms with van der Waals surface area (Å²) in [6.45, 7) is 13.4. The van der Waals surface area contributed by atoms with Crippen LogP contribution >= 0.6 is 11.8 Å². The Kier molecular flexibility index (Phi) is 10.8. The van der Waals surface area contributed by atoms with E-state index in [4.69, 9.17) is 0 Å². The number of nitrogens with zero attached hydrogens (tertiary/aromatic N) is 3. The van der Waals surface area contributed by atoms with Crippen LogP contribution in [0, 0.1) is 11.8 Å². The van der Waals surface area contributed by atoms with Gasteiger partial charge in [-0.25, -0.2) is 0 Å². The highest BCUT2D eigenvalue weighted by atomic mass is 32.2. The molecular weight excluding hydrogens is 534 g/mol. The van der Waals surface area contributed by atoms with Gasteiger partial charge in [0, 0.05) is 43.2 Å². The molecule has 3 amide bonds. The first-order chi connectivity index (χ1) is 19.9. The van der Waals surface area contributed by atoms with Crippen LogP contribution in [-0.4, -0.2) is 80.9 Å². The van der Waals surface area contributed by atoms with Crippen molar-refractivity contribution in [2.75, 3.05) is 31.1 Å². The molecule has 0 radical (unpaired) electrons.